The average molecular weight is 466 g/mol. The van der Waals surface area contributed by atoms with Crippen molar-refractivity contribution in [2.45, 2.75) is 19.4 Å². The largest absolute Gasteiger partial charge is 0.444 e. The predicted molar refractivity (Wildman–Crippen MR) is 104 cm³/mol. The number of carbonyl (C=O) groups is 2. The van der Waals surface area contributed by atoms with Crippen LogP contribution in [0.1, 0.15) is 16.7 Å². The number of ether oxygens (including phenoxy) is 2. The molecule has 0 unspecified atom stereocenters. The minimum absolute atomic E-state index is 0. The second-order valence-corrected chi connectivity index (χ2v) is 6.03. The molecule has 0 aliphatic carbocycles. The van der Waals surface area contributed by atoms with Crippen LogP contribution in [0.4, 0.5) is 22.8 Å². The molecular weight excluding hydrogens is 450 g/mol. The molecule has 0 aliphatic rings. The highest BCUT2D eigenvalue weighted by atomic mass is 35.5. The maximum absolute atomic E-state index is 12.8. The number of nitrogens with two attached hydrogens (primary N) is 1. The SMILES string of the molecule is Cl.N=C(N)N(C(=O)OCc1ccccc1)C(=O)OCc1cc(C(F)(F)F)ccc1Cl. The quantitative estimate of drug-likeness (QED) is 0.490. The molecule has 2 aromatic rings. The van der Waals surface area contributed by atoms with Crippen LogP contribution in [0.5, 0.6) is 0 Å². The zero-order valence-corrected chi connectivity index (χ0v) is 16.7. The lowest BCUT2D eigenvalue weighted by atomic mass is 10.1. The molecule has 2 rings (SSSR count). The molecule has 0 saturated heterocycles. The highest BCUT2D eigenvalue weighted by Crippen LogP contribution is 2.32. The number of carbonyl (C=O) groups excluding carboxylic acids is 2. The maximum atomic E-state index is 12.8. The highest BCUT2D eigenvalue weighted by Gasteiger charge is 2.32. The average Bonchev–Trinajstić information content (AvgIpc) is 2.65. The van der Waals surface area contributed by atoms with Crippen molar-refractivity contribution < 1.29 is 32.2 Å². The van der Waals surface area contributed by atoms with Crippen molar-refractivity contribution >= 4 is 42.2 Å². The first kappa shape index (κ1) is 25.1. The van der Waals surface area contributed by atoms with Gasteiger partial charge in [0.05, 0.1) is 5.56 Å². The fourth-order valence-electron chi connectivity index (χ4n) is 2.12. The van der Waals surface area contributed by atoms with Crippen molar-refractivity contribution in [3.63, 3.8) is 0 Å². The third-order valence-corrected chi connectivity index (χ3v) is 3.90. The molecule has 12 heteroatoms. The van der Waals surface area contributed by atoms with Crippen LogP contribution in [-0.2, 0) is 28.9 Å². The fourth-order valence-corrected chi connectivity index (χ4v) is 2.29. The number of amides is 2. The fraction of sp³-hybridized carbons (Fsp3) is 0.167. The monoisotopic (exact) mass is 465 g/mol. The molecule has 2 amide bonds. The van der Waals surface area contributed by atoms with Gasteiger partial charge in [-0.25, -0.2) is 9.59 Å². The normalized spacial score (nSPS) is 10.5. The first-order valence-corrected chi connectivity index (χ1v) is 8.34. The molecule has 0 bridgehead atoms. The maximum Gasteiger partial charge on any atom is 0.426 e. The van der Waals surface area contributed by atoms with Gasteiger partial charge >= 0.3 is 18.4 Å². The molecule has 0 heterocycles. The zero-order valence-electron chi connectivity index (χ0n) is 15.1. The van der Waals surface area contributed by atoms with E-state index in [4.69, 9.17) is 32.2 Å². The van der Waals surface area contributed by atoms with Gasteiger partial charge in [-0.15, -0.1) is 17.3 Å². The minimum atomic E-state index is -4.62. The molecule has 0 aliphatic heterocycles. The van der Waals surface area contributed by atoms with Crippen LogP contribution in [0.25, 0.3) is 0 Å². The first-order valence-electron chi connectivity index (χ1n) is 7.97. The number of imide groups is 1. The Morgan fingerprint density at radius 3 is 2.13 bits per heavy atom. The summed E-state index contributed by atoms with van der Waals surface area (Å²) in [6, 6.07) is 11.0. The molecule has 0 fully saturated rings. The van der Waals surface area contributed by atoms with Gasteiger partial charge in [-0.2, -0.15) is 13.2 Å². The van der Waals surface area contributed by atoms with Gasteiger partial charge in [0.1, 0.15) is 13.2 Å². The number of hydrogen-bond acceptors (Lipinski definition) is 5. The highest BCUT2D eigenvalue weighted by molar-refractivity contribution is 6.31. The third kappa shape index (κ3) is 6.82. The number of nitrogens with one attached hydrogen (secondary N) is 1. The Bertz CT molecular complexity index is 911. The van der Waals surface area contributed by atoms with Crippen LogP contribution < -0.4 is 5.73 Å². The van der Waals surface area contributed by atoms with Crippen molar-refractivity contribution in [2.24, 2.45) is 5.73 Å². The lowest BCUT2D eigenvalue weighted by Gasteiger charge is -2.18. The number of alkyl halides is 3. The first-order chi connectivity index (χ1) is 13.6. The van der Waals surface area contributed by atoms with Crippen molar-refractivity contribution in [2.75, 3.05) is 0 Å². The van der Waals surface area contributed by atoms with Gasteiger partial charge in [0, 0.05) is 10.6 Å². The van der Waals surface area contributed by atoms with Crippen LogP contribution in [0.2, 0.25) is 5.02 Å². The molecule has 7 nitrogen and oxygen atoms in total. The van der Waals surface area contributed by atoms with E-state index < -0.39 is 36.5 Å². The second kappa shape index (κ2) is 10.7. The Hall–Kier alpha value is -2.98. The lowest BCUT2D eigenvalue weighted by Crippen LogP contribution is -2.46. The van der Waals surface area contributed by atoms with E-state index in [2.05, 4.69) is 0 Å². The van der Waals surface area contributed by atoms with E-state index in [1.807, 2.05) is 0 Å². The van der Waals surface area contributed by atoms with Gasteiger partial charge in [0.25, 0.3) is 0 Å². The van der Waals surface area contributed by atoms with Crippen LogP contribution >= 0.6 is 24.0 Å². The zero-order chi connectivity index (χ0) is 21.6. The summed E-state index contributed by atoms with van der Waals surface area (Å²) >= 11 is 5.82. The van der Waals surface area contributed by atoms with Gasteiger partial charge in [0.2, 0.25) is 5.96 Å². The van der Waals surface area contributed by atoms with E-state index in [9.17, 15) is 22.8 Å². The van der Waals surface area contributed by atoms with Crippen molar-refractivity contribution in [3.8, 4) is 0 Å². The summed E-state index contributed by atoms with van der Waals surface area (Å²) in [7, 11) is 0. The van der Waals surface area contributed by atoms with Gasteiger partial charge in [0.15, 0.2) is 0 Å². The number of nitrogens with zero attached hydrogens (tertiary/aromatic N) is 1. The van der Waals surface area contributed by atoms with Crippen LogP contribution in [0.3, 0.4) is 0 Å². The van der Waals surface area contributed by atoms with E-state index in [1.165, 1.54) is 0 Å². The smallest absolute Gasteiger partial charge is 0.426 e. The molecule has 0 spiro atoms. The van der Waals surface area contributed by atoms with Crippen molar-refractivity contribution in [1.82, 2.24) is 4.90 Å². The molecule has 30 heavy (non-hydrogen) atoms. The van der Waals surface area contributed by atoms with Crippen LogP contribution in [0.15, 0.2) is 48.5 Å². The molecule has 0 atom stereocenters. The van der Waals surface area contributed by atoms with E-state index in [-0.39, 0.29) is 34.5 Å². The number of rotatable bonds is 4. The molecule has 2 aromatic carbocycles. The standard InChI is InChI=1S/C18H15ClF3N3O4.ClH/c19-14-7-6-13(18(20,21)22)8-12(14)10-29-17(27)25(15(23)24)16(26)28-9-11-4-2-1-3-5-11;/h1-8H,9-10H2,(H3,23,24);1H. The molecular formula is C18H16Cl2F3N3O4. The van der Waals surface area contributed by atoms with Crippen molar-refractivity contribution in [1.29, 1.82) is 5.41 Å². The van der Waals surface area contributed by atoms with E-state index in [0.717, 1.165) is 12.1 Å². The predicted octanol–water partition coefficient (Wildman–Crippen LogP) is 4.95. The van der Waals surface area contributed by atoms with Crippen LogP contribution in [-0.4, -0.2) is 23.0 Å². The van der Waals surface area contributed by atoms with Gasteiger partial charge in [-0.1, -0.05) is 41.9 Å². The molecule has 0 saturated carbocycles. The topological polar surface area (TPSA) is 106 Å². The molecule has 0 radical (unpaired) electrons. The summed E-state index contributed by atoms with van der Waals surface area (Å²) in [6.45, 7) is -0.881. The summed E-state index contributed by atoms with van der Waals surface area (Å²) < 4.78 is 48.1. The Balaban J connectivity index is 0.00000450. The van der Waals surface area contributed by atoms with E-state index >= 15 is 0 Å². The Morgan fingerprint density at radius 1 is 1.03 bits per heavy atom. The summed E-state index contributed by atoms with van der Waals surface area (Å²) in [4.78, 5) is 24.3. The number of halogens is 5. The Morgan fingerprint density at radius 2 is 1.60 bits per heavy atom. The van der Waals surface area contributed by atoms with E-state index in [1.54, 1.807) is 30.3 Å². The van der Waals surface area contributed by atoms with E-state index in [0.29, 0.717) is 11.6 Å². The number of benzene rings is 2. The van der Waals surface area contributed by atoms with Gasteiger partial charge in [-0.3, -0.25) is 5.41 Å². The van der Waals surface area contributed by atoms with Crippen molar-refractivity contribution in [3.05, 3.63) is 70.2 Å². The molecule has 0 aromatic heterocycles. The number of hydrogen-bond donors (Lipinski definition) is 2. The summed E-state index contributed by atoms with van der Waals surface area (Å²) in [5, 5.41) is 7.29. The minimum Gasteiger partial charge on any atom is -0.444 e. The summed E-state index contributed by atoms with van der Waals surface area (Å²) in [6.07, 6.45) is -7.29. The lowest BCUT2D eigenvalue weighted by molar-refractivity contribution is -0.137. The third-order valence-electron chi connectivity index (χ3n) is 3.54. The van der Waals surface area contributed by atoms with Crippen LogP contribution in [0, 0.1) is 5.41 Å². The Labute approximate surface area is 180 Å². The van der Waals surface area contributed by atoms with Gasteiger partial charge in [-0.05, 0) is 23.8 Å². The Kier molecular flexibility index (Phi) is 8.94. The molecule has 3 N–H and O–H groups in total. The number of guanidine groups is 1. The second-order valence-electron chi connectivity index (χ2n) is 5.62. The summed E-state index contributed by atoms with van der Waals surface area (Å²) in [5.74, 6) is -0.983. The van der Waals surface area contributed by atoms with Gasteiger partial charge < -0.3 is 15.2 Å². The molecule has 162 valence electrons. The summed E-state index contributed by atoms with van der Waals surface area (Å²) in [5.41, 5.74) is 4.71.